The van der Waals surface area contributed by atoms with E-state index in [1.165, 1.54) is 64.9 Å². The first-order valence-electron chi connectivity index (χ1n) is 18.0. The van der Waals surface area contributed by atoms with Crippen LogP contribution in [-0.2, 0) is 40.9 Å². The molecule has 2 aromatic heterocycles. The summed E-state index contributed by atoms with van der Waals surface area (Å²) in [6.07, 6.45) is 4.28. The molecule has 0 spiro atoms. The third-order valence-electron chi connectivity index (χ3n) is 9.52. The summed E-state index contributed by atoms with van der Waals surface area (Å²) in [5.41, 5.74) is 3.59. The fraction of sp³-hybridized carbons (Fsp3) is 0.270. The lowest BCUT2D eigenvalue weighted by Gasteiger charge is -2.34. The first-order chi connectivity index (χ1) is 27.9. The van der Waals surface area contributed by atoms with Crippen LogP contribution in [0.15, 0.2) is 99.7 Å². The Balaban J connectivity index is 0.000000199. The molecule has 5 aromatic rings. The first-order valence-corrected chi connectivity index (χ1v) is 23.1. The highest BCUT2D eigenvalue weighted by Gasteiger charge is 2.29. The minimum atomic E-state index is -3.77. The first kappa shape index (κ1) is 41.1. The second-order valence-electron chi connectivity index (χ2n) is 13.2. The van der Waals surface area contributed by atoms with Gasteiger partial charge in [-0.1, -0.05) is 11.6 Å². The predicted molar refractivity (Wildman–Crippen MR) is 225 cm³/mol. The summed E-state index contributed by atoms with van der Waals surface area (Å²) < 4.78 is 54.3. The topological polar surface area (TPSA) is 194 Å². The summed E-state index contributed by atoms with van der Waals surface area (Å²) in [5.74, 6) is -0.282. The van der Waals surface area contributed by atoms with Crippen LogP contribution < -0.4 is 29.5 Å². The van der Waals surface area contributed by atoms with Crippen LogP contribution >= 0.6 is 34.3 Å². The van der Waals surface area contributed by atoms with E-state index in [0.29, 0.717) is 60.7 Å². The van der Waals surface area contributed by atoms with Gasteiger partial charge < -0.3 is 24.9 Å². The lowest BCUT2D eigenvalue weighted by Crippen LogP contribution is -2.52. The van der Waals surface area contributed by atoms with Gasteiger partial charge in [0.2, 0.25) is 17.7 Å². The molecule has 5 heterocycles. The van der Waals surface area contributed by atoms with Gasteiger partial charge in [-0.15, -0.1) is 22.7 Å². The zero-order chi connectivity index (χ0) is 40.9. The van der Waals surface area contributed by atoms with Crippen LogP contribution in [0.4, 0.5) is 27.3 Å². The minimum absolute atomic E-state index is 0.00329. The molecule has 3 N–H and O–H groups in total. The average molecular weight is 884 g/mol. The van der Waals surface area contributed by atoms with Gasteiger partial charge in [0.25, 0.3) is 20.0 Å². The summed E-state index contributed by atoms with van der Waals surface area (Å²) in [5, 5.41) is 7.68. The van der Waals surface area contributed by atoms with E-state index in [1.807, 2.05) is 18.2 Å². The molecular formula is C37H38ClN9O7S4. The number of fused-ring (bicyclic) bond motifs is 1. The molecule has 0 unspecified atom stereocenters. The lowest BCUT2D eigenvalue weighted by atomic mass is 10.2. The number of amides is 3. The molecule has 3 amide bonds. The minimum Gasteiger partial charge on any atom is -0.370 e. The van der Waals surface area contributed by atoms with Gasteiger partial charge in [0.05, 0.1) is 16.3 Å². The number of anilines is 5. The number of aromatic nitrogens is 2. The van der Waals surface area contributed by atoms with E-state index in [9.17, 15) is 31.2 Å². The van der Waals surface area contributed by atoms with Gasteiger partial charge >= 0.3 is 0 Å². The zero-order valence-corrected chi connectivity index (χ0v) is 34.8. The van der Waals surface area contributed by atoms with Crippen molar-refractivity contribution in [2.75, 3.05) is 76.5 Å². The molecule has 0 radical (unpaired) electrons. The monoisotopic (exact) mass is 883 g/mol. The van der Waals surface area contributed by atoms with Crippen LogP contribution in [0.25, 0.3) is 0 Å². The summed E-state index contributed by atoms with van der Waals surface area (Å²) in [4.78, 5) is 52.5. The van der Waals surface area contributed by atoms with Crippen LogP contribution in [0.1, 0.15) is 12.0 Å². The number of sulfonamides is 2. The molecule has 16 nitrogen and oxygen atoms in total. The van der Waals surface area contributed by atoms with Crippen molar-refractivity contribution >= 4 is 99.4 Å². The van der Waals surface area contributed by atoms with E-state index in [-0.39, 0.29) is 39.2 Å². The highest BCUT2D eigenvalue weighted by Crippen LogP contribution is 2.31. The maximum Gasteiger partial charge on any atom is 0.263 e. The van der Waals surface area contributed by atoms with Gasteiger partial charge in [-0.2, -0.15) is 0 Å². The Kier molecular flexibility index (Phi) is 12.6. The Morgan fingerprint density at radius 3 is 1.88 bits per heavy atom. The highest BCUT2D eigenvalue weighted by atomic mass is 35.5. The van der Waals surface area contributed by atoms with E-state index in [2.05, 4.69) is 29.6 Å². The Morgan fingerprint density at radius 2 is 1.34 bits per heavy atom. The van der Waals surface area contributed by atoms with E-state index < -0.39 is 20.0 Å². The number of piperazine rings is 2. The van der Waals surface area contributed by atoms with E-state index in [1.54, 1.807) is 49.7 Å². The number of hydrogen-bond acceptors (Lipinski definition) is 13. The van der Waals surface area contributed by atoms with Gasteiger partial charge in [-0.25, -0.2) is 26.8 Å². The molecule has 3 aromatic carbocycles. The Hall–Kier alpha value is -5.12. The number of hydrogen-bond donors (Lipinski definition) is 3. The van der Waals surface area contributed by atoms with Crippen molar-refractivity contribution in [3.05, 3.63) is 100 Å². The largest absolute Gasteiger partial charge is 0.370 e. The second kappa shape index (κ2) is 17.8. The number of benzene rings is 3. The Labute approximate surface area is 348 Å². The normalized spacial score (nSPS) is 15.8. The fourth-order valence-electron chi connectivity index (χ4n) is 6.60. The predicted octanol–water partition coefficient (Wildman–Crippen LogP) is 4.11. The molecular weight excluding hydrogens is 846 g/mol. The number of carbonyl (C=O) groups excluding carboxylic acids is 3. The second-order valence-corrected chi connectivity index (χ2v) is 18.8. The number of carbonyl (C=O) groups is 3. The summed E-state index contributed by atoms with van der Waals surface area (Å²) in [6.45, 7) is 3.79. The van der Waals surface area contributed by atoms with Crippen molar-refractivity contribution in [2.45, 2.75) is 22.6 Å². The van der Waals surface area contributed by atoms with Crippen molar-refractivity contribution in [3.63, 3.8) is 0 Å². The summed E-state index contributed by atoms with van der Waals surface area (Å²) in [7, 11) is -7.43. The van der Waals surface area contributed by atoms with Crippen LogP contribution in [0.3, 0.4) is 0 Å². The molecule has 2 saturated heterocycles. The molecule has 3 aliphatic rings. The number of thiazole rings is 2. The molecule has 8 rings (SSSR count). The third-order valence-corrected chi connectivity index (χ3v) is 14.1. The van der Waals surface area contributed by atoms with Crippen molar-refractivity contribution in [3.8, 4) is 0 Å². The van der Waals surface area contributed by atoms with Crippen LogP contribution in [0, 0.1) is 0 Å². The fourth-order valence-corrected chi connectivity index (χ4v) is 10.4. The number of halogens is 1. The molecule has 2 fully saturated rings. The Bertz CT molecular complexity index is 2470. The third kappa shape index (κ3) is 9.76. The van der Waals surface area contributed by atoms with E-state index >= 15 is 0 Å². The van der Waals surface area contributed by atoms with Gasteiger partial charge in [0.1, 0.15) is 6.54 Å². The number of nitrogens with zero attached hydrogens (tertiary/aromatic N) is 6. The number of nitrogens with one attached hydrogen (secondary N) is 3. The molecule has 21 heteroatoms. The van der Waals surface area contributed by atoms with Crippen molar-refractivity contribution in [1.29, 1.82) is 0 Å². The summed E-state index contributed by atoms with van der Waals surface area (Å²) in [6, 6.07) is 18.2. The Morgan fingerprint density at radius 1 is 0.759 bits per heavy atom. The molecule has 0 bridgehead atoms. The lowest BCUT2D eigenvalue weighted by molar-refractivity contribution is -0.136. The maximum absolute atomic E-state index is 12.8. The molecule has 304 valence electrons. The molecule has 0 atom stereocenters. The number of rotatable bonds is 11. The van der Waals surface area contributed by atoms with Gasteiger partial charge in [-0.05, 0) is 78.7 Å². The van der Waals surface area contributed by atoms with E-state index in [4.69, 9.17) is 11.6 Å². The quantitative estimate of drug-likeness (QED) is 0.173. The van der Waals surface area contributed by atoms with Crippen molar-refractivity contribution in [2.24, 2.45) is 0 Å². The van der Waals surface area contributed by atoms with Crippen molar-refractivity contribution < 1.29 is 31.2 Å². The van der Waals surface area contributed by atoms with Crippen LogP contribution in [-0.4, -0.2) is 102 Å². The molecule has 3 aliphatic heterocycles. The van der Waals surface area contributed by atoms with Gasteiger partial charge in [0, 0.05) is 90.9 Å². The summed E-state index contributed by atoms with van der Waals surface area (Å²) >= 11 is 8.47. The van der Waals surface area contributed by atoms with E-state index in [0.717, 1.165) is 25.2 Å². The van der Waals surface area contributed by atoms with Gasteiger partial charge in [-0.3, -0.25) is 23.8 Å². The van der Waals surface area contributed by atoms with Gasteiger partial charge in [0.15, 0.2) is 10.3 Å². The van der Waals surface area contributed by atoms with Crippen molar-refractivity contribution in [1.82, 2.24) is 20.2 Å². The van der Waals surface area contributed by atoms with Crippen LogP contribution in [0.5, 0.6) is 0 Å². The average Bonchev–Trinajstić information content (AvgIpc) is 4.01. The highest BCUT2D eigenvalue weighted by molar-refractivity contribution is 7.93. The smallest absolute Gasteiger partial charge is 0.263 e. The SMILES string of the molecule is O=C(CCN1CCc2cc(Cl)ccc21)N1CCN(c2ccc(S(=O)(=O)Nc3nccs3)cc2)C(=O)C1.O=C1CNCCN1c1ccc(S(=O)(=O)Nc2nccs2)cc1. The molecule has 0 saturated carbocycles. The zero-order valence-electron chi connectivity index (χ0n) is 30.8. The molecule has 0 aliphatic carbocycles. The maximum atomic E-state index is 12.8. The molecule has 58 heavy (non-hydrogen) atoms. The standard InChI is InChI=1S/C24H24ClN5O4S2.C13H14N4O3S2/c25-18-1-6-21-17(15-18)7-10-28(21)11-8-22(31)29-12-13-30(23(32)16-29)19-2-4-20(5-3-19)36(33,34)27-24-26-9-14-35-24;18-12-9-14-5-7-17(12)10-1-3-11(4-2-10)22(19,20)16-13-15-6-8-21-13/h1-6,9,14-15H,7-8,10-13,16H2,(H,26,27);1-4,6,8,14H,5,7,9H2,(H,15,16). The van der Waals surface area contributed by atoms with Crippen LogP contribution in [0.2, 0.25) is 5.02 Å².